The van der Waals surface area contributed by atoms with Gasteiger partial charge >= 0.3 is 0 Å². The monoisotopic (exact) mass is 281 g/mol. The Morgan fingerprint density at radius 1 is 1.53 bits per heavy atom. The van der Waals surface area contributed by atoms with Gasteiger partial charge in [-0.2, -0.15) is 0 Å². The maximum absolute atomic E-state index is 12.9. The van der Waals surface area contributed by atoms with Crippen LogP contribution in [-0.2, 0) is 10.0 Å². The highest BCUT2D eigenvalue weighted by Gasteiger charge is 2.19. The molecule has 0 aromatic heterocycles. The van der Waals surface area contributed by atoms with Gasteiger partial charge in [-0.3, -0.25) is 0 Å². The van der Waals surface area contributed by atoms with Crippen LogP contribution < -0.4 is 4.72 Å². The number of sulfonamides is 1. The Bertz CT molecular complexity index is 488. The molecule has 0 spiro atoms. The molecule has 2 N–H and O–H groups in total. The summed E-state index contributed by atoms with van der Waals surface area (Å²) in [5, 5.41) is 8.66. The molecule has 0 aliphatic rings. The maximum atomic E-state index is 12.9. The van der Waals surface area contributed by atoms with Crippen molar-refractivity contribution in [3.63, 3.8) is 0 Å². The van der Waals surface area contributed by atoms with Gasteiger partial charge in [0.1, 0.15) is 5.82 Å². The van der Waals surface area contributed by atoms with Gasteiger partial charge in [0, 0.05) is 6.04 Å². The lowest BCUT2D eigenvalue weighted by atomic mass is 10.3. The number of halogens is 2. The van der Waals surface area contributed by atoms with Crippen LogP contribution in [0, 0.1) is 5.82 Å². The molecule has 0 fully saturated rings. The molecule has 0 aliphatic heterocycles. The standard InChI is InChI=1S/C10H13ClFNO3S/c1-2-7(6-14)13-17(15,16)8-3-4-10(12)9(11)5-8/h3-5,7,13-14H,2,6H2,1H3/t7-/m0/s1. The quantitative estimate of drug-likeness (QED) is 0.860. The molecule has 17 heavy (non-hydrogen) atoms. The second kappa shape index (κ2) is 5.77. The third kappa shape index (κ3) is 3.64. The molecular formula is C10H13ClFNO3S. The second-order valence-electron chi connectivity index (χ2n) is 3.48. The Morgan fingerprint density at radius 3 is 2.65 bits per heavy atom. The van der Waals surface area contributed by atoms with E-state index in [4.69, 9.17) is 16.7 Å². The van der Waals surface area contributed by atoms with Crippen LogP contribution in [0.4, 0.5) is 4.39 Å². The maximum Gasteiger partial charge on any atom is 0.240 e. The minimum Gasteiger partial charge on any atom is -0.395 e. The summed E-state index contributed by atoms with van der Waals surface area (Å²) in [6.07, 6.45) is 0.449. The van der Waals surface area contributed by atoms with E-state index in [0.717, 1.165) is 18.2 Å². The highest BCUT2D eigenvalue weighted by Crippen LogP contribution is 2.19. The summed E-state index contributed by atoms with van der Waals surface area (Å²) in [7, 11) is -3.78. The van der Waals surface area contributed by atoms with E-state index in [1.165, 1.54) is 0 Å². The zero-order valence-corrected chi connectivity index (χ0v) is 10.7. The van der Waals surface area contributed by atoms with Crippen molar-refractivity contribution in [3.8, 4) is 0 Å². The summed E-state index contributed by atoms with van der Waals surface area (Å²) in [6.45, 7) is 1.44. The fourth-order valence-corrected chi connectivity index (χ4v) is 2.76. The van der Waals surface area contributed by atoms with E-state index < -0.39 is 21.9 Å². The summed E-state index contributed by atoms with van der Waals surface area (Å²) in [6, 6.07) is 2.57. The van der Waals surface area contributed by atoms with Crippen LogP contribution in [0.1, 0.15) is 13.3 Å². The van der Waals surface area contributed by atoms with E-state index in [-0.39, 0.29) is 16.5 Å². The summed E-state index contributed by atoms with van der Waals surface area (Å²) >= 11 is 5.51. The van der Waals surface area contributed by atoms with Crippen molar-refractivity contribution in [2.75, 3.05) is 6.61 Å². The molecule has 0 saturated carbocycles. The molecule has 0 bridgehead atoms. The van der Waals surface area contributed by atoms with Gasteiger partial charge in [-0.25, -0.2) is 17.5 Å². The molecule has 0 saturated heterocycles. The van der Waals surface area contributed by atoms with Gasteiger partial charge in [0.05, 0.1) is 16.5 Å². The van der Waals surface area contributed by atoms with Crippen molar-refractivity contribution in [2.24, 2.45) is 0 Å². The van der Waals surface area contributed by atoms with Gasteiger partial charge in [-0.15, -0.1) is 0 Å². The fraction of sp³-hybridized carbons (Fsp3) is 0.400. The highest BCUT2D eigenvalue weighted by molar-refractivity contribution is 7.89. The first-order chi connectivity index (χ1) is 7.90. The van der Waals surface area contributed by atoms with Crippen molar-refractivity contribution in [3.05, 3.63) is 29.0 Å². The Morgan fingerprint density at radius 2 is 2.18 bits per heavy atom. The van der Waals surface area contributed by atoms with Gasteiger partial charge in [-0.05, 0) is 24.6 Å². The molecule has 96 valence electrons. The van der Waals surface area contributed by atoms with Crippen LogP contribution in [0.15, 0.2) is 23.1 Å². The molecule has 4 nitrogen and oxygen atoms in total. The van der Waals surface area contributed by atoms with Crippen LogP contribution in [0.5, 0.6) is 0 Å². The Balaban J connectivity index is 3.01. The third-order valence-corrected chi connectivity index (χ3v) is 4.04. The smallest absolute Gasteiger partial charge is 0.240 e. The number of rotatable bonds is 5. The predicted octanol–water partition coefficient (Wildman–Crippen LogP) is 1.53. The predicted molar refractivity (Wildman–Crippen MR) is 62.9 cm³/mol. The average Bonchev–Trinajstić information content (AvgIpc) is 2.29. The number of aliphatic hydroxyl groups excluding tert-OH is 1. The zero-order chi connectivity index (χ0) is 13.1. The molecule has 1 aromatic carbocycles. The third-order valence-electron chi connectivity index (χ3n) is 2.24. The minimum atomic E-state index is -3.78. The Kier molecular flexibility index (Phi) is 4.88. The molecular weight excluding hydrogens is 269 g/mol. The van der Waals surface area contributed by atoms with Gasteiger partial charge in [0.25, 0.3) is 0 Å². The topological polar surface area (TPSA) is 66.4 Å². The van der Waals surface area contributed by atoms with Crippen molar-refractivity contribution >= 4 is 21.6 Å². The number of hydrogen-bond donors (Lipinski definition) is 2. The normalized spacial score (nSPS) is 13.6. The number of benzene rings is 1. The van der Waals surface area contributed by atoms with E-state index in [0.29, 0.717) is 6.42 Å². The molecule has 1 rings (SSSR count). The first-order valence-electron chi connectivity index (χ1n) is 4.99. The Hall–Kier alpha value is -0.690. The van der Waals surface area contributed by atoms with Crippen molar-refractivity contribution in [2.45, 2.75) is 24.3 Å². The molecule has 1 atom stereocenters. The first kappa shape index (κ1) is 14.4. The van der Waals surface area contributed by atoms with Gasteiger partial charge in [0.2, 0.25) is 10.0 Å². The van der Waals surface area contributed by atoms with E-state index in [9.17, 15) is 12.8 Å². The number of hydrogen-bond acceptors (Lipinski definition) is 3. The minimum absolute atomic E-state index is 0.129. The van der Waals surface area contributed by atoms with Crippen LogP contribution in [0.2, 0.25) is 5.02 Å². The lowest BCUT2D eigenvalue weighted by Gasteiger charge is -2.14. The molecule has 0 aliphatic carbocycles. The summed E-state index contributed by atoms with van der Waals surface area (Å²) < 4.78 is 38.8. The van der Waals surface area contributed by atoms with Crippen LogP contribution in [0.3, 0.4) is 0 Å². The Labute approximate surface area is 104 Å². The lowest BCUT2D eigenvalue weighted by molar-refractivity contribution is 0.254. The fourth-order valence-electron chi connectivity index (χ4n) is 1.18. The molecule has 0 amide bonds. The van der Waals surface area contributed by atoms with E-state index in [1.807, 2.05) is 0 Å². The molecule has 0 heterocycles. The average molecular weight is 282 g/mol. The molecule has 7 heteroatoms. The van der Waals surface area contributed by atoms with Gasteiger partial charge in [0.15, 0.2) is 0 Å². The largest absolute Gasteiger partial charge is 0.395 e. The van der Waals surface area contributed by atoms with Gasteiger partial charge in [-0.1, -0.05) is 18.5 Å². The number of nitrogens with one attached hydrogen (secondary N) is 1. The van der Waals surface area contributed by atoms with Crippen molar-refractivity contribution < 1.29 is 17.9 Å². The first-order valence-corrected chi connectivity index (χ1v) is 6.85. The zero-order valence-electron chi connectivity index (χ0n) is 9.15. The lowest BCUT2D eigenvalue weighted by Crippen LogP contribution is -2.36. The van der Waals surface area contributed by atoms with E-state index in [1.54, 1.807) is 6.92 Å². The second-order valence-corrected chi connectivity index (χ2v) is 5.61. The van der Waals surface area contributed by atoms with Crippen molar-refractivity contribution in [1.29, 1.82) is 0 Å². The van der Waals surface area contributed by atoms with Crippen LogP contribution in [0.25, 0.3) is 0 Å². The molecule has 1 aromatic rings. The summed E-state index contributed by atoms with van der Waals surface area (Å²) in [5.41, 5.74) is 0. The van der Waals surface area contributed by atoms with Gasteiger partial charge < -0.3 is 5.11 Å². The summed E-state index contributed by atoms with van der Waals surface area (Å²) in [4.78, 5) is -0.129. The van der Waals surface area contributed by atoms with E-state index >= 15 is 0 Å². The van der Waals surface area contributed by atoms with E-state index in [2.05, 4.69) is 4.72 Å². The van der Waals surface area contributed by atoms with Crippen LogP contribution in [-0.4, -0.2) is 26.2 Å². The molecule has 0 unspecified atom stereocenters. The highest BCUT2D eigenvalue weighted by atomic mass is 35.5. The number of aliphatic hydroxyl groups is 1. The SMILES string of the molecule is CC[C@@H](CO)NS(=O)(=O)c1ccc(F)c(Cl)c1. The van der Waals surface area contributed by atoms with Crippen molar-refractivity contribution in [1.82, 2.24) is 4.72 Å². The van der Waals surface area contributed by atoms with Crippen LogP contribution >= 0.6 is 11.6 Å². The summed E-state index contributed by atoms with van der Waals surface area (Å²) in [5.74, 6) is -0.681. The molecule has 0 radical (unpaired) electrons.